The van der Waals surface area contributed by atoms with Crippen LogP contribution in [0.1, 0.15) is 57.8 Å². The van der Waals surface area contributed by atoms with Crippen LogP contribution >= 0.6 is 0 Å². The molecule has 1 atom stereocenters. The zero-order chi connectivity index (χ0) is 23.8. The minimum atomic E-state index is -0.627. The topological polar surface area (TPSA) is 120 Å². The van der Waals surface area contributed by atoms with Gasteiger partial charge >= 0.3 is 11.9 Å². The first-order valence-electron chi connectivity index (χ1n) is 10.7. The summed E-state index contributed by atoms with van der Waals surface area (Å²) in [5.74, 6) is -2.00. The summed E-state index contributed by atoms with van der Waals surface area (Å²) in [6.45, 7) is 4.21. The molecule has 174 valence electrons. The van der Waals surface area contributed by atoms with E-state index < -0.39 is 23.9 Å². The van der Waals surface area contributed by atoms with Crippen LogP contribution in [0.5, 0.6) is 0 Å². The van der Waals surface area contributed by atoms with Crippen LogP contribution in [0.15, 0.2) is 42.5 Å². The van der Waals surface area contributed by atoms with Gasteiger partial charge in [-0.2, -0.15) is 0 Å². The van der Waals surface area contributed by atoms with Gasteiger partial charge in [0.2, 0.25) is 0 Å². The lowest BCUT2D eigenvalue weighted by molar-refractivity contribution is -0.124. The Labute approximate surface area is 191 Å². The first-order chi connectivity index (χ1) is 15.9. The molecule has 3 rings (SSSR count). The number of nitrogens with one attached hydrogen (secondary N) is 2. The van der Waals surface area contributed by atoms with Crippen LogP contribution in [-0.2, 0) is 19.0 Å². The molecular weight excluding hydrogens is 428 g/mol. The van der Waals surface area contributed by atoms with Gasteiger partial charge in [0.05, 0.1) is 24.3 Å². The molecule has 0 spiro atoms. The second-order valence-corrected chi connectivity index (χ2v) is 7.27. The summed E-state index contributed by atoms with van der Waals surface area (Å²) in [5.41, 5.74) is 1.17. The Morgan fingerprint density at radius 3 is 2.09 bits per heavy atom. The highest BCUT2D eigenvalue weighted by molar-refractivity contribution is 6.07. The molecule has 1 aliphatic rings. The highest BCUT2D eigenvalue weighted by Gasteiger charge is 2.23. The van der Waals surface area contributed by atoms with Crippen molar-refractivity contribution in [3.63, 3.8) is 0 Å². The summed E-state index contributed by atoms with van der Waals surface area (Å²) in [7, 11) is 0. The van der Waals surface area contributed by atoms with Crippen molar-refractivity contribution in [1.29, 1.82) is 0 Å². The lowest BCUT2D eigenvalue weighted by atomic mass is 10.1. The van der Waals surface area contributed by atoms with E-state index in [2.05, 4.69) is 10.6 Å². The molecule has 1 unspecified atom stereocenters. The number of carbonyl (C=O) groups excluding carboxylic acids is 4. The van der Waals surface area contributed by atoms with E-state index in [0.29, 0.717) is 18.7 Å². The van der Waals surface area contributed by atoms with Gasteiger partial charge in [0.15, 0.2) is 0 Å². The first kappa shape index (κ1) is 23.9. The fourth-order valence-electron chi connectivity index (χ4n) is 3.31. The third-order valence-corrected chi connectivity index (χ3v) is 4.83. The fraction of sp³-hybridized carbons (Fsp3) is 0.333. The summed E-state index contributed by atoms with van der Waals surface area (Å²) < 4.78 is 15.4. The molecule has 9 heteroatoms. The van der Waals surface area contributed by atoms with Crippen molar-refractivity contribution in [2.45, 2.75) is 32.8 Å². The molecule has 2 aromatic rings. The van der Waals surface area contributed by atoms with Crippen molar-refractivity contribution in [3.05, 3.63) is 59.2 Å². The number of esters is 2. The third kappa shape index (κ3) is 6.39. The molecule has 1 saturated heterocycles. The Bertz CT molecular complexity index is 1010. The summed E-state index contributed by atoms with van der Waals surface area (Å²) in [5, 5.41) is 5.43. The smallest absolute Gasteiger partial charge is 0.338 e. The molecule has 0 radical (unpaired) electrons. The standard InChI is InChI=1S/C24H26N2O7/c1-3-31-23(29)16-11-17(24(30)32-4-2)14-19(13-16)26-21(27)15-7-5-8-18(12-15)25-22(28)20-9-6-10-33-20/h5,7-8,11-14,20H,3-4,6,9-10H2,1-2H3,(H,25,28)(H,26,27). The minimum Gasteiger partial charge on any atom is -0.462 e. The quantitative estimate of drug-likeness (QED) is 0.587. The van der Waals surface area contributed by atoms with Gasteiger partial charge in [-0.05, 0) is 63.1 Å². The predicted octanol–water partition coefficient (Wildman–Crippen LogP) is 3.41. The lowest BCUT2D eigenvalue weighted by Gasteiger charge is -2.12. The molecule has 2 N–H and O–H groups in total. The van der Waals surface area contributed by atoms with E-state index >= 15 is 0 Å². The summed E-state index contributed by atoms with van der Waals surface area (Å²) >= 11 is 0. The molecule has 1 fully saturated rings. The zero-order valence-electron chi connectivity index (χ0n) is 18.5. The average molecular weight is 454 g/mol. The number of ether oxygens (including phenoxy) is 3. The van der Waals surface area contributed by atoms with Gasteiger partial charge in [0, 0.05) is 23.5 Å². The average Bonchev–Trinajstić information content (AvgIpc) is 3.34. The number of hydrogen-bond acceptors (Lipinski definition) is 7. The molecule has 0 saturated carbocycles. The van der Waals surface area contributed by atoms with Gasteiger partial charge in [-0.15, -0.1) is 0 Å². The van der Waals surface area contributed by atoms with Gasteiger partial charge in [-0.1, -0.05) is 6.07 Å². The van der Waals surface area contributed by atoms with Crippen LogP contribution in [-0.4, -0.2) is 49.7 Å². The maximum absolute atomic E-state index is 12.8. The SMILES string of the molecule is CCOC(=O)c1cc(NC(=O)c2cccc(NC(=O)C3CCCO3)c2)cc(C(=O)OCC)c1. The predicted molar refractivity (Wildman–Crippen MR) is 120 cm³/mol. The monoisotopic (exact) mass is 454 g/mol. The number of rotatable bonds is 8. The molecule has 33 heavy (non-hydrogen) atoms. The summed E-state index contributed by atoms with van der Waals surface area (Å²) in [6, 6.07) is 10.6. The van der Waals surface area contributed by atoms with Crippen LogP contribution in [0.3, 0.4) is 0 Å². The third-order valence-electron chi connectivity index (χ3n) is 4.83. The van der Waals surface area contributed by atoms with Gasteiger partial charge < -0.3 is 24.8 Å². The van der Waals surface area contributed by atoms with E-state index in [0.717, 1.165) is 6.42 Å². The zero-order valence-corrected chi connectivity index (χ0v) is 18.5. The highest BCUT2D eigenvalue weighted by Crippen LogP contribution is 2.20. The number of hydrogen-bond donors (Lipinski definition) is 2. The van der Waals surface area contributed by atoms with Crippen LogP contribution in [0.2, 0.25) is 0 Å². The van der Waals surface area contributed by atoms with Crippen molar-refractivity contribution in [3.8, 4) is 0 Å². The van der Waals surface area contributed by atoms with Crippen LogP contribution < -0.4 is 10.6 Å². The molecule has 1 aliphatic heterocycles. The maximum Gasteiger partial charge on any atom is 0.338 e. The molecular formula is C24H26N2O7. The van der Waals surface area contributed by atoms with Crippen LogP contribution in [0.25, 0.3) is 0 Å². The molecule has 0 bridgehead atoms. The summed E-state index contributed by atoms with van der Waals surface area (Å²) in [4.78, 5) is 49.5. The maximum atomic E-state index is 12.8. The van der Waals surface area contributed by atoms with E-state index in [-0.39, 0.29) is 41.5 Å². The number of carbonyl (C=O) groups is 4. The van der Waals surface area contributed by atoms with Gasteiger partial charge in [0.1, 0.15) is 6.10 Å². The normalized spacial score (nSPS) is 14.9. The van der Waals surface area contributed by atoms with E-state index in [1.165, 1.54) is 24.3 Å². The minimum absolute atomic E-state index is 0.107. The van der Waals surface area contributed by atoms with Crippen molar-refractivity contribution >= 4 is 35.1 Å². The van der Waals surface area contributed by atoms with E-state index in [1.807, 2.05) is 0 Å². The molecule has 0 aromatic heterocycles. The second-order valence-electron chi connectivity index (χ2n) is 7.27. The molecule has 2 amide bonds. The van der Waals surface area contributed by atoms with Gasteiger partial charge in [-0.25, -0.2) is 9.59 Å². The van der Waals surface area contributed by atoms with Gasteiger partial charge in [0.25, 0.3) is 11.8 Å². The largest absolute Gasteiger partial charge is 0.462 e. The van der Waals surface area contributed by atoms with Crippen molar-refractivity contribution in [2.75, 3.05) is 30.5 Å². The van der Waals surface area contributed by atoms with Crippen LogP contribution in [0, 0.1) is 0 Å². The Hall–Kier alpha value is -3.72. The Balaban J connectivity index is 1.79. The van der Waals surface area contributed by atoms with E-state index in [9.17, 15) is 19.2 Å². The van der Waals surface area contributed by atoms with Crippen molar-refractivity contribution in [1.82, 2.24) is 0 Å². The number of amides is 2. The molecule has 1 heterocycles. The summed E-state index contributed by atoms with van der Waals surface area (Å²) in [6.07, 6.45) is 1.000. The Morgan fingerprint density at radius 1 is 0.879 bits per heavy atom. The Kier molecular flexibility index (Phi) is 8.15. The van der Waals surface area contributed by atoms with E-state index in [1.54, 1.807) is 32.0 Å². The second kappa shape index (κ2) is 11.2. The van der Waals surface area contributed by atoms with Crippen molar-refractivity contribution < 1.29 is 33.4 Å². The number of benzene rings is 2. The molecule has 2 aromatic carbocycles. The first-order valence-corrected chi connectivity index (χ1v) is 10.7. The molecule has 9 nitrogen and oxygen atoms in total. The molecule has 0 aliphatic carbocycles. The van der Waals surface area contributed by atoms with E-state index in [4.69, 9.17) is 14.2 Å². The lowest BCUT2D eigenvalue weighted by Crippen LogP contribution is -2.27. The van der Waals surface area contributed by atoms with Crippen LogP contribution in [0.4, 0.5) is 11.4 Å². The van der Waals surface area contributed by atoms with Gasteiger partial charge in [-0.3, -0.25) is 9.59 Å². The van der Waals surface area contributed by atoms with Crippen molar-refractivity contribution in [2.24, 2.45) is 0 Å². The Morgan fingerprint density at radius 2 is 1.52 bits per heavy atom. The highest BCUT2D eigenvalue weighted by atomic mass is 16.5. The fourth-order valence-corrected chi connectivity index (χ4v) is 3.31. The number of anilines is 2.